The Bertz CT molecular complexity index is 514. The van der Waals surface area contributed by atoms with Crippen molar-refractivity contribution in [3.05, 3.63) is 35.9 Å². The lowest BCUT2D eigenvalue weighted by atomic mass is 9.68. The molecule has 2 aliphatic carbocycles. The second-order valence-electron chi connectivity index (χ2n) is 8.67. The quantitative estimate of drug-likeness (QED) is 0.634. The minimum absolute atomic E-state index is 0. The van der Waals surface area contributed by atoms with Crippen molar-refractivity contribution in [3.8, 4) is 0 Å². The molecule has 3 unspecified atom stereocenters. The molecule has 1 saturated heterocycles. The summed E-state index contributed by atoms with van der Waals surface area (Å²) in [4.78, 5) is 5.59. The van der Waals surface area contributed by atoms with E-state index in [9.17, 15) is 0 Å². The first kappa shape index (κ1) is 23.0. The molecule has 0 radical (unpaired) electrons. The van der Waals surface area contributed by atoms with Crippen LogP contribution in [0.25, 0.3) is 0 Å². The highest BCUT2D eigenvalue weighted by atomic mass is 35.5. The lowest BCUT2D eigenvalue weighted by Crippen LogP contribution is -2.54. The molecule has 4 rings (SSSR count). The molecule has 154 valence electrons. The van der Waals surface area contributed by atoms with Crippen LogP contribution in [0.4, 0.5) is 0 Å². The van der Waals surface area contributed by atoms with E-state index >= 15 is 0 Å². The van der Waals surface area contributed by atoms with Crippen molar-refractivity contribution in [1.29, 1.82) is 0 Å². The van der Waals surface area contributed by atoms with Crippen molar-refractivity contribution >= 4 is 24.8 Å². The van der Waals surface area contributed by atoms with Crippen LogP contribution in [0.5, 0.6) is 0 Å². The van der Waals surface area contributed by atoms with Gasteiger partial charge in [0.25, 0.3) is 0 Å². The molecular formula is C23H38Cl2N2. The first-order chi connectivity index (χ1) is 12.4. The average molecular weight is 413 g/mol. The predicted octanol–water partition coefficient (Wildman–Crippen LogP) is 5.44. The molecule has 0 amide bonds. The van der Waals surface area contributed by atoms with Crippen LogP contribution in [0.3, 0.4) is 0 Å². The fourth-order valence-corrected chi connectivity index (χ4v) is 5.83. The van der Waals surface area contributed by atoms with Gasteiger partial charge in [0.2, 0.25) is 0 Å². The maximum Gasteiger partial charge on any atom is 0.0127 e. The van der Waals surface area contributed by atoms with E-state index in [0.29, 0.717) is 0 Å². The van der Waals surface area contributed by atoms with Crippen molar-refractivity contribution < 1.29 is 0 Å². The third kappa shape index (κ3) is 6.10. The van der Waals surface area contributed by atoms with Crippen LogP contribution in [0, 0.1) is 11.8 Å². The zero-order valence-electron chi connectivity index (χ0n) is 16.7. The molecule has 3 aliphatic rings. The van der Waals surface area contributed by atoms with Gasteiger partial charge in [-0.25, -0.2) is 0 Å². The maximum atomic E-state index is 2.88. The summed E-state index contributed by atoms with van der Waals surface area (Å²) in [5, 5.41) is 0. The molecule has 1 aromatic carbocycles. The summed E-state index contributed by atoms with van der Waals surface area (Å²) in [6.07, 6.45) is 13.1. The summed E-state index contributed by atoms with van der Waals surface area (Å²) in [6, 6.07) is 11.9. The number of halogens is 2. The molecule has 1 heterocycles. The van der Waals surface area contributed by atoms with Crippen molar-refractivity contribution in [2.75, 3.05) is 32.7 Å². The van der Waals surface area contributed by atoms with E-state index < -0.39 is 0 Å². The first-order valence-electron chi connectivity index (χ1n) is 10.9. The van der Waals surface area contributed by atoms with Gasteiger partial charge in [0, 0.05) is 32.2 Å². The standard InChI is InChI=1S/C23H36N2.2ClH/c1-2-8-20(9-3-1)10-7-15-24-16-18-25(19-17-24)23-14-6-12-21-11-4-5-13-22(21)23;;/h1-3,8-9,21-23H,4-7,10-19H2;2*1H. The number of hydrogen-bond acceptors (Lipinski definition) is 2. The van der Waals surface area contributed by atoms with E-state index in [1.54, 1.807) is 0 Å². The molecule has 0 spiro atoms. The van der Waals surface area contributed by atoms with Crippen LogP contribution in [0.15, 0.2) is 30.3 Å². The fourth-order valence-electron chi connectivity index (χ4n) is 5.83. The fraction of sp³-hybridized carbons (Fsp3) is 0.739. The Hall–Kier alpha value is -0.280. The summed E-state index contributed by atoms with van der Waals surface area (Å²) in [7, 11) is 0. The van der Waals surface area contributed by atoms with Gasteiger partial charge in [-0.05, 0) is 49.6 Å². The zero-order chi connectivity index (χ0) is 16.9. The van der Waals surface area contributed by atoms with Crippen LogP contribution in [-0.4, -0.2) is 48.6 Å². The summed E-state index contributed by atoms with van der Waals surface area (Å²) < 4.78 is 0. The van der Waals surface area contributed by atoms with Gasteiger partial charge in [-0.2, -0.15) is 0 Å². The number of rotatable bonds is 5. The molecule has 4 heteroatoms. The molecule has 1 aromatic rings. The summed E-state index contributed by atoms with van der Waals surface area (Å²) in [5.41, 5.74) is 1.49. The third-order valence-corrected chi connectivity index (χ3v) is 7.20. The van der Waals surface area contributed by atoms with Crippen LogP contribution in [0.1, 0.15) is 56.9 Å². The topological polar surface area (TPSA) is 6.48 Å². The van der Waals surface area contributed by atoms with Gasteiger partial charge in [0.05, 0.1) is 0 Å². The van der Waals surface area contributed by atoms with Gasteiger partial charge in [-0.15, -0.1) is 24.8 Å². The Morgan fingerprint density at radius 1 is 0.778 bits per heavy atom. The van der Waals surface area contributed by atoms with Crippen LogP contribution >= 0.6 is 24.8 Å². The number of hydrogen-bond donors (Lipinski definition) is 0. The van der Waals surface area contributed by atoms with Crippen molar-refractivity contribution in [3.63, 3.8) is 0 Å². The van der Waals surface area contributed by atoms with E-state index in [0.717, 1.165) is 17.9 Å². The van der Waals surface area contributed by atoms with Gasteiger partial charge in [-0.1, -0.05) is 62.4 Å². The molecule has 0 aromatic heterocycles. The highest BCUT2D eigenvalue weighted by Crippen LogP contribution is 2.42. The second-order valence-corrected chi connectivity index (χ2v) is 8.67. The normalized spacial score (nSPS) is 29.3. The summed E-state index contributed by atoms with van der Waals surface area (Å²) >= 11 is 0. The molecule has 1 aliphatic heterocycles. The average Bonchev–Trinajstić information content (AvgIpc) is 2.69. The summed E-state index contributed by atoms with van der Waals surface area (Å²) in [5.74, 6) is 2.10. The predicted molar refractivity (Wildman–Crippen MR) is 120 cm³/mol. The molecule has 0 bridgehead atoms. The van der Waals surface area contributed by atoms with Gasteiger partial charge >= 0.3 is 0 Å². The second kappa shape index (κ2) is 11.7. The zero-order valence-corrected chi connectivity index (χ0v) is 18.4. The van der Waals surface area contributed by atoms with Crippen LogP contribution < -0.4 is 0 Å². The molecule has 2 saturated carbocycles. The molecule has 27 heavy (non-hydrogen) atoms. The van der Waals surface area contributed by atoms with Gasteiger partial charge < -0.3 is 4.90 Å². The Morgan fingerprint density at radius 2 is 1.48 bits per heavy atom. The monoisotopic (exact) mass is 412 g/mol. The van der Waals surface area contributed by atoms with Gasteiger partial charge in [0.15, 0.2) is 0 Å². The Balaban J connectivity index is 0.00000131. The number of benzene rings is 1. The number of nitrogens with zero attached hydrogens (tertiary/aromatic N) is 2. The van der Waals surface area contributed by atoms with E-state index in [2.05, 4.69) is 40.1 Å². The Kier molecular flexibility index (Phi) is 9.93. The molecular weight excluding hydrogens is 375 g/mol. The number of piperazine rings is 1. The number of fused-ring (bicyclic) bond motifs is 1. The van der Waals surface area contributed by atoms with Gasteiger partial charge in [0.1, 0.15) is 0 Å². The minimum atomic E-state index is 0. The number of aryl methyl sites for hydroxylation is 1. The highest BCUT2D eigenvalue weighted by Gasteiger charge is 2.38. The Labute approximate surface area is 178 Å². The lowest BCUT2D eigenvalue weighted by Gasteiger charge is -2.48. The van der Waals surface area contributed by atoms with Crippen molar-refractivity contribution in [2.45, 2.75) is 63.8 Å². The van der Waals surface area contributed by atoms with Crippen LogP contribution in [-0.2, 0) is 6.42 Å². The Morgan fingerprint density at radius 3 is 2.26 bits per heavy atom. The van der Waals surface area contributed by atoms with E-state index in [1.165, 1.54) is 96.1 Å². The molecule has 2 nitrogen and oxygen atoms in total. The van der Waals surface area contributed by atoms with E-state index in [1.807, 2.05) is 0 Å². The molecule has 3 fully saturated rings. The first-order valence-corrected chi connectivity index (χ1v) is 10.9. The molecule has 0 N–H and O–H groups in total. The van der Waals surface area contributed by atoms with E-state index in [-0.39, 0.29) is 24.8 Å². The third-order valence-electron chi connectivity index (χ3n) is 7.20. The lowest BCUT2D eigenvalue weighted by molar-refractivity contribution is 0.0112. The van der Waals surface area contributed by atoms with E-state index in [4.69, 9.17) is 0 Å². The van der Waals surface area contributed by atoms with Crippen molar-refractivity contribution in [2.24, 2.45) is 11.8 Å². The van der Waals surface area contributed by atoms with Crippen molar-refractivity contribution in [1.82, 2.24) is 9.80 Å². The van der Waals surface area contributed by atoms with Gasteiger partial charge in [-0.3, -0.25) is 4.90 Å². The minimum Gasteiger partial charge on any atom is -0.301 e. The highest BCUT2D eigenvalue weighted by molar-refractivity contribution is 5.85. The van der Waals surface area contributed by atoms with Crippen LogP contribution in [0.2, 0.25) is 0 Å². The maximum absolute atomic E-state index is 2.88. The smallest absolute Gasteiger partial charge is 0.0127 e. The SMILES string of the molecule is Cl.Cl.c1ccc(CCCN2CCN(C3CCCC4CCCCC43)CC2)cc1. The molecule has 3 atom stereocenters. The largest absolute Gasteiger partial charge is 0.301 e. The summed E-state index contributed by atoms with van der Waals surface area (Å²) in [6.45, 7) is 6.50.